The number of non-ortho nitro benzene ring substituents is 1. The second-order valence-electron chi connectivity index (χ2n) is 10.3. The van der Waals surface area contributed by atoms with Gasteiger partial charge in [-0.3, -0.25) is 29.4 Å². The fourth-order valence-electron chi connectivity index (χ4n) is 7.20. The van der Waals surface area contributed by atoms with Crippen LogP contribution in [0.4, 0.5) is 5.69 Å². The third-order valence-electron chi connectivity index (χ3n) is 8.55. The Morgan fingerprint density at radius 2 is 1.84 bits per heavy atom. The normalized spacial score (nSPS) is 31.4. The number of hydrogen-bond donors (Lipinski definition) is 2. The van der Waals surface area contributed by atoms with Gasteiger partial charge < -0.3 is 10.1 Å². The number of nitro benzene ring substituents is 1. The highest BCUT2D eigenvalue weighted by atomic mass is 32.2. The lowest BCUT2D eigenvalue weighted by Crippen LogP contribution is -2.42. The standard InChI is InChI=1S/C25H25N3O6S3/c29-15(30)4-2-1-3-9-27-23(31)18-13-10-14(19(18)24(27)32)20-17(13)16(21-22(36-20)26-25(35)37-21)11-5-7-12(8-6-11)28(33)34/h5-8,13-14,16-20H,1-4,9-10H2,(H,26,35)(H,29,30)/t13-,14+,16+,17+,18+,19+,20-/m0/s1. The summed E-state index contributed by atoms with van der Waals surface area (Å²) >= 11 is 8.73. The van der Waals surface area contributed by atoms with Crippen molar-refractivity contribution in [2.45, 2.75) is 48.3 Å². The van der Waals surface area contributed by atoms with E-state index in [2.05, 4.69) is 4.98 Å². The van der Waals surface area contributed by atoms with Crippen molar-refractivity contribution in [3.05, 3.63) is 48.8 Å². The summed E-state index contributed by atoms with van der Waals surface area (Å²) in [6, 6.07) is 6.70. The van der Waals surface area contributed by atoms with Gasteiger partial charge in [0.05, 0.1) is 21.8 Å². The molecule has 1 aromatic heterocycles. The number of imide groups is 1. The van der Waals surface area contributed by atoms with Crippen molar-refractivity contribution in [2.75, 3.05) is 6.54 Å². The van der Waals surface area contributed by atoms with E-state index < -0.39 is 10.9 Å². The lowest BCUT2D eigenvalue weighted by molar-refractivity contribution is -0.384. The van der Waals surface area contributed by atoms with E-state index in [1.165, 1.54) is 28.4 Å². The van der Waals surface area contributed by atoms with E-state index in [-0.39, 0.29) is 64.7 Å². The highest BCUT2D eigenvalue weighted by molar-refractivity contribution is 8.00. The van der Waals surface area contributed by atoms with Crippen LogP contribution in [0.5, 0.6) is 0 Å². The first-order valence-corrected chi connectivity index (χ1v) is 14.6. The van der Waals surface area contributed by atoms with E-state index in [1.54, 1.807) is 11.8 Å². The molecule has 2 aliphatic carbocycles. The van der Waals surface area contributed by atoms with Crippen LogP contribution in [0, 0.1) is 43.7 Å². The Kier molecular flexibility index (Phi) is 6.23. The zero-order valence-electron chi connectivity index (χ0n) is 19.7. The van der Waals surface area contributed by atoms with Gasteiger partial charge in [-0.25, -0.2) is 0 Å². The number of carboxylic acids is 1. The Balaban J connectivity index is 1.29. The van der Waals surface area contributed by atoms with Crippen LogP contribution in [0.15, 0.2) is 29.3 Å². The number of aromatic amines is 1. The molecule has 37 heavy (non-hydrogen) atoms. The summed E-state index contributed by atoms with van der Waals surface area (Å²) in [4.78, 5) is 54.4. The van der Waals surface area contributed by atoms with Crippen LogP contribution in [0.2, 0.25) is 0 Å². The number of H-pyrrole nitrogens is 1. The Labute approximate surface area is 225 Å². The Hall–Kier alpha value is -2.57. The fraction of sp³-hybridized carbons (Fsp3) is 0.520. The first kappa shape index (κ1) is 24.7. The van der Waals surface area contributed by atoms with Crippen LogP contribution in [-0.4, -0.2) is 49.5 Å². The maximum atomic E-state index is 13.6. The van der Waals surface area contributed by atoms with Crippen LogP contribution < -0.4 is 0 Å². The maximum absolute atomic E-state index is 13.6. The number of hydrogen-bond acceptors (Lipinski definition) is 8. The molecule has 0 unspecified atom stereocenters. The van der Waals surface area contributed by atoms with E-state index in [9.17, 15) is 24.5 Å². The lowest BCUT2D eigenvalue weighted by Gasteiger charge is -2.43. The summed E-state index contributed by atoms with van der Waals surface area (Å²) in [5, 5.41) is 21.2. The van der Waals surface area contributed by atoms with E-state index in [4.69, 9.17) is 17.3 Å². The van der Waals surface area contributed by atoms with Gasteiger partial charge >= 0.3 is 5.97 Å². The number of nitrogens with zero attached hydrogens (tertiary/aromatic N) is 2. The number of nitrogens with one attached hydrogen (secondary N) is 1. The van der Waals surface area contributed by atoms with Crippen LogP contribution in [0.3, 0.4) is 0 Å². The molecule has 2 aromatic rings. The van der Waals surface area contributed by atoms with Crippen LogP contribution in [0.25, 0.3) is 0 Å². The number of likely N-dealkylation sites (tertiary alicyclic amines) is 1. The smallest absolute Gasteiger partial charge is 0.303 e. The van der Waals surface area contributed by atoms with Crippen molar-refractivity contribution in [1.82, 2.24) is 9.88 Å². The largest absolute Gasteiger partial charge is 0.481 e. The molecule has 2 bridgehead atoms. The zero-order chi connectivity index (χ0) is 26.0. The van der Waals surface area contributed by atoms with Gasteiger partial charge in [-0.2, -0.15) is 0 Å². The highest BCUT2D eigenvalue weighted by Gasteiger charge is 2.69. The molecule has 0 radical (unpaired) electrons. The van der Waals surface area contributed by atoms with Gasteiger partial charge in [0.25, 0.3) is 5.69 Å². The number of nitro groups is 1. The average Bonchev–Trinajstić information content (AvgIpc) is 3.58. The van der Waals surface area contributed by atoms with Crippen LogP contribution in [0.1, 0.15) is 48.5 Å². The van der Waals surface area contributed by atoms with Gasteiger partial charge in [-0.1, -0.05) is 18.6 Å². The van der Waals surface area contributed by atoms with Crippen molar-refractivity contribution in [1.29, 1.82) is 0 Å². The second kappa shape index (κ2) is 9.32. The van der Waals surface area contributed by atoms with Gasteiger partial charge in [0.15, 0.2) is 3.95 Å². The molecule has 2 aliphatic heterocycles. The number of carbonyl (C=O) groups excluding carboxylic acids is 2. The number of carbonyl (C=O) groups is 3. The SMILES string of the molecule is O=C(O)CCCCCN1C(=O)[C@@H]2[C@H]3C[C@@H]([C@@H]4Sc5[nH]c(=S)sc5[C@H](c5ccc([N+](=O)[O-])cc5)[C@@H]34)[C@H]2C1=O. The Morgan fingerprint density at radius 3 is 2.51 bits per heavy atom. The monoisotopic (exact) mass is 559 g/mol. The summed E-state index contributed by atoms with van der Waals surface area (Å²) in [5.41, 5.74) is 1.01. The molecule has 3 fully saturated rings. The molecular formula is C25H25N3O6S3. The molecule has 12 heteroatoms. The van der Waals surface area contributed by atoms with E-state index >= 15 is 0 Å². The van der Waals surface area contributed by atoms with Gasteiger partial charge in [0.1, 0.15) is 0 Å². The highest BCUT2D eigenvalue weighted by Crippen LogP contribution is 2.68. The van der Waals surface area contributed by atoms with Crippen molar-refractivity contribution < 1.29 is 24.4 Å². The number of thioether (sulfide) groups is 1. The van der Waals surface area contributed by atoms with Gasteiger partial charge in [-0.05, 0) is 54.8 Å². The van der Waals surface area contributed by atoms with Crippen LogP contribution >= 0.6 is 35.3 Å². The maximum Gasteiger partial charge on any atom is 0.303 e. The third kappa shape index (κ3) is 3.95. The molecule has 2 saturated carbocycles. The van der Waals surface area contributed by atoms with E-state index in [0.29, 0.717) is 29.8 Å². The van der Waals surface area contributed by atoms with Crippen molar-refractivity contribution in [2.24, 2.45) is 29.6 Å². The van der Waals surface area contributed by atoms with Crippen molar-refractivity contribution >= 4 is 58.8 Å². The molecular weight excluding hydrogens is 534 g/mol. The fourth-order valence-corrected chi connectivity index (χ4v) is 10.5. The summed E-state index contributed by atoms with van der Waals surface area (Å²) in [5.74, 6) is -1.37. The predicted molar refractivity (Wildman–Crippen MR) is 139 cm³/mol. The number of fused-ring (bicyclic) bond motifs is 9. The molecule has 3 heterocycles. The number of rotatable bonds is 8. The molecule has 2 N–H and O–H groups in total. The van der Waals surface area contributed by atoms with Crippen molar-refractivity contribution in [3.63, 3.8) is 0 Å². The minimum absolute atomic E-state index is 0.0379. The first-order valence-electron chi connectivity index (χ1n) is 12.5. The summed E-state index contributed by atoms with van der Waals surface area (Å²) in [6.45, 7) is 0.346. The molecule has 2 amide bonds. The molecule has 1 saturated heterocycles. The molecule has 6 rings (SSSR count). The quantitative estimate of drug-likeness (QED) is 0.154. The van der Waals surface area contributed by atoms with Gasteiger partial charge in [0, 0.05) is 41.1 Å². The number of carboxylic acid groups (broad SMARTS) is 1. The topological polar surface area (TPSA) is 134 Å². The first-order chi connectivity index (χ1) is 17.8. The predicted octanol–water partition coefficient (Wildman–Crippen LogP) is 4.83. The molecule has 4 aliphatic rings. The Morgan fingerprint density at radius 1 is 1.14 bits per heavy atom. The molecule has 9 nitrogen and oxygen atoms in total. The third-order valence-corrected chi connectivity index (χ3v) is 11.5. The number of thiazole rings is 1. The van der Waals surface area contributed by atoms with Gasteiger partial charge in [0.2, 0.25) is 11.8 Å². The summed E-state index contributed by atoms with van der Waals surface area (Å²) in [7, 11) is 0. The summed E-state index contributed by atoms with van der Waals surface area (Å²) in [6.07, 6.45) is 2.73. The van der Waals surface area contributed by atoms with Crippen LogP contribution in [-0.2, 0) is 14.4 Å². The zero-order valence-corrected chi connectivity index (χ0v) is 22.2. The number of unbranched alkanes of at least 4 members (excludes halogenated alkanes) is 2. The molecule has 7 atom stereocenters. The number of aliphatic carboxylic acids is 1. The molecule has 1 aromatic carbocycles. The number of aromatic nitrogens is 1. The summed E-state index contributed by atoms with van der Waals surface area (Å²) < 4.78 is 0.679. The molecule has 0 spiro atoms. The number of benzene rings is 1. The lowest BCUT2D eigenvalue weighted by atomic mass is 9.68. The van der Waals surface area contributed by atoms with E-state index in [0.717, 1.165) is 21.9 Å². The minimum Gasteiger partial charge on any atom is -0.481 e. The second-order valence-corrected chi connectivity index (χ2v) is 13.2. The van der Waals surface area contributed by atoms with Crippen molar-refractivity contribution in [3.8, 4) is 0 Å². The Bertz CT molecular complexity index is 1350. The molecule has 194 valence electrons. The van der Waals surface area contributed by atoms with Gasteiger partial charge in [-0.15, -0.1) is 23.1 Å². The number of amides is 2. The average molecular weight is 560 g/mol. The minimum atomic E-state index is -0.837. The van der Waals surface area contributed by atoms with E-state index in [1.807, 2.05) is 12.1 Å².